The molecule has 0 fully saturated rings. The van der Waals surface area contributed by atoms with Crippen LogP contribution in [0, 0.1) is 17.3 Å². The van der Waals surface area contributed by atoms with Crippen molar-refractivity contribution >= 4 is 23.2 Å². The number of halogens is 2. The first-order valence-corrected chi connectivity index (χ1v) is 9.01. The van der Waals surface area contributed by atoms with Crippen molar-refractivity contribution in [3.05, 3.63) is 53.6 Å². The summed E-state index contributed by atoms with van der Waals surface area (Å²) in [6.07, 6.45) is 8.92. The molecule has 0 bridgehead atoms. The molecule has 27 heavy (non-hydrogen) atoms. The van der Waals surface area contributed by atoms with E-state index in [0.717, 1.165) is 31.4 Å². The minimum Gasteiger partial charge on any atom is -0.492 e. The number of nitrogens with one attached hydrogen (secondary N) is 2. The summed E-state index contributed by atoms with van der Waals surface area (Å²) in [6, 6.07) is 7.68. The molecule has 1 aromatic heterocycles. The van der Waals surface area contributed by atoms with E-state index >= 15 is 0 Å². The van der Waals surface area contributed by atoms with Gasteiger partial charge < -0.3 is 10.1 Å². The molecular weight excluding hydrogens is 369 g/mol. The van der Waals surface area contributed by atoms with Gasteiger partial charge in [-0.25, -0.2) is 4.39 Å². The molecule has 0 spiro atoms. The molecule has 1 aromatic carbocycles. The van der Waals surface area contributed by atoms with E-state index < -0.39 is 0 Å². The Hall–Kier alpha value is -2.85. The number of nitrogens with zero attached hydrogens (tertiary/aromatic N) is 3. The van der Waals surface area contributed by atoms with Crippen LogP contribution in [0.3, 0.4) is 0 Å². The van der Waals surface area contributed by atoms with Gasteiger partial charge in [-0.2, -0.15) is 5.26 Å². The Morgan fingerprint density at radius 3 is 2.70 bits per heavy atom. The largest absolute Gasteiger partial charge is 0.492 e. The number of anilines is 1. The van der Waals surface area contributed by atoms with Gasteiger partial charge in [-0.3, -0.25) is 15.3 Å². The molecule has 0 atom stereocenters. The highest BCUT2D eigenvalue weighted by Crippen LogP contribution is 2.25. The van der Waals surface area contributed by atoms with Crippen LogP contribution < -0.4 is 15.4 Å². The van der Waals surface area contributed by atoms with Crippen molar-refractivity contribution in [2.24, 2.45) is 4.99 Å². The van der Waals surface area contributed by atoms with Crippen molar-refractivity contribution < 1.29 is 9.13 Å². The van der Waals surface area contributed by atoms with E-state index in [-0.39, 0.29) is 10.8 Å². The smallest absolute Gasteiger partial charge is 0.209 e. The van der Waals surface area contributed by atoms with Crippen LogP contribution in [0.5, 0.6) is 5.75 Å². The van der Waals surface area contributed by atoms with Crippen LogP contribution >= 0.6 is 11.6 Å². The summed E-state index contributed by atoms with van der Waals surface area (Å²) < 4.78 is 18.5. The number of hydrogen-bond donors (Lipinski definition) is 2. The summed E-state index contributed by atoms with van der Waals surface area (Å²) >= 11 is 5.91. The van der Waals surface area contributed by atoms with E-state index in [9.17, 15) is 4.39 Å². The Morgan fingerprint density at radius 2 is 1.96 bits per heavy atom. The summed E-state index contributed by atoms with van der Waals surface area (Å²) in [4.78, 5) is 8.30. The van der Waals surface area contributed by atoms with Gasteiger partial charge in [-0.05, 0) is 49.6 Å². The van der Waals surface area contributed by atoms with Crippen molar-refractivity contribution in [3.8, 4) is 11.9 Å². The number of benzene rings is 1. The average molecular weight is 390 g/mol. The van der Waals surface area contributed by atoms with E-state index in [2.05, 4.69) is 20.6 Å². The van der Waals surface area contributed by atoms with Crippen LogP contribution in [0.2, 0.25) is 5.02 Å². The van der Waals surface area contributed by atoms with Gasteiger partial charge in [0.25, 0.3) is 0 Å². The lowest BCUT2D eigenvalue weighted by molar-refractivity contribution is 0.304. The number of pyridine rings is 1. The first-order chi connectivity index (χ1) is 13.2. The number of nitriles is 1. The van der Waals surface area contributed by atoms with E-state index in [1.165, 1.54) is 18.2 Å². The molecule has 0 aliphatic rings. The second kappa shape index (κ2) is 11.7. The van der Waals surface area contributed by atoms with Gasteiger partial charge in [0.05, 0.1) is 11.6 Å². The molecule has 2 rings (SSSR count). The maximum absolute atomic E-state index is 13.0. The molecule has 0 aliphatic carbocycles. The SMILES string of the molecule is N#CNC(=NCCCCCCOc1ccc(F)cc1Cl)Nc1ccncc1. The molecule has 2 aromatic rings. The standard InChI is InChI=1S/C19H21ClFN5O/c20-17-13-15(21)5-6-18(17)27-12-4-2-1-3-9-24-19(25-14-22)26-16-7-10-23-11-8-16/h5-8,10-11,13H,1-4,9,12H2,(H2,23,24,25,26). The number of ether oxygens (including phenoxy) is 1. The molecule has 8 heteroatoms. The zero-order chi connectivity index (χ0) is 19.3. The van der Waals surface area contributed by atoms with Gasteiger partial charge >= 0.3 is 0 Å². The number of aliphatic imine (C=N–C) groups is 1. The highest BCUT2D eigenvalue weighted by atomic mass is 35.5. The normalized spacial score (nSPS) is 10.9. The minimum absolute atomic E-state index is 0.281. The summed E-state index contributed by atoms with van der Waals surface area (Å²) in [7, 11) is 0. The number of rotatable bonds is 9. The fraction of sp³-hybridized carbons (Fsp3) is 0.316. The average Bonchev–Trinajstić information content (AvgIpc) is 2.66. The molecule has 6 nitrogen and oxygen atoms in total. The molecule has 0 saturated heterocycles. The lowest BCUT2D eigenvalue weighted by Gasteiger charge is -2.08. The summed E-state index contributed by atoms with van der Waals surface area (Å²) in [6.45, 7) is 1.13. The van der Waals surface area contributed by atoms with E-state index in [4.69, 9.17) is 21.6 Å². The molecule has 0 aliphatic heterocycles. The molecule has 0 radical (unpaired) electrons. The van der Waals surface area contributed by atoms with Crippen molar-refractivity contribution in [2.45, 2.75) is 25.7 Å². The Bertz CT molecular complexity index is 779. The van der Waals surface area contributed by atoms with Crippen molar-refractivity contribution in [1.29, 1.82) is 5.26 Å². The van der Waals surface area contributed by atoms with Crippen molar-refractivity contribution in [2.75, 3.05) is 18.5 Å². The van der Waals surface area contributed by atoms with Crippen LogP contribution in [0.1, 0.15) is 25.7 Å². The molecule has 0 saturated carbocycles. The molecule has 0 unspecified atom stereocenters. The Kier molecular flexibility index (Phi) is 8.87. The first-order valence-electron chi connectivity index (χ1n) is 8.63. The maximum atomic E-state index is 13.0. The van der Waals surface area contributed by atoms with Gasteiger partial charge in [0.15, 0.2) is 6.19 Å². The predicted molar refractivity (Wildman–Crippen MR) is 104 cm³/mol. The van der Waals surface area contributed by atoms with E-state index in [1.807, 2.05) is 6.19 Å². The van der Waals surface area contributed by atoms with Crippen LogP contribution in [0.4, 0.5) is 10.1 Å². The lowest BCUT2D eigenvalue weighted by atomic mass is 10.2. The zero-order valence-electron chi connectivity index (χ0n) is 14.8. The highest BCUT2D eigenvalue weighted by molar-refractivity contribution is 6.32. The summed E-state index contributed by atoms with van der Waals surface area (Å²) in [5.41, 5.74) is 0.808. The van der Waals surface area contributed by atoms with E-state index in [1.54, 1.807) is 24.5 Å². The monoisotopic (exact) mass is 389 g/mol. The van der Waals surface area contributed by atoms with E-state index in [0.29, 0.717) is 24.9 Å². The van der Waals surface area contributed by atoms with Gasteiger partial charge in [0.2, 0.25) is 5.96 Å². The quantitative estimate of drug-likeness (QED) is 0.219. The second-order valence-electron chi connectivity index (χ2n) is 5.67. The first kappa shape index (κ1) is 20.5. The Balaban J connectivity index is 1.62. The molecule has 142 valence electrons. The highest BCUT2D eigenvalue weighted by Gasteiger charge is 2.03. The summed E-state index contributed by atoms with van der Waals surface area (Å²) in [5, 5.41) is 14.7. The lowest BCUT2D eigenvalue weighted by Crippen LogP contribution is -2.27. The maximum Gasteiger partial charge on any atom is 0.209 e. The summed E-state index contributed by atoms with van der Waals surface area (Å²) in [5.74, 6) is 0.534. The van der Waals surface area contributed by atoms with Crippen LogP contribution in [0.15, 0.2) is 47.7 Å². The fourth-order valence-corrected chi connectivity index (χ4v) is 2.49. The van der Waals surface area contributed by atoms with Crippen molar-refractivity contribution in [3.63, 3.8) is 0 Å². The topological polar surface area (TPSA) is 82.3 Å². The molecular formula is C19H21ClFN5O. The van der Waals surface area contributed by atoms with Crippen molar-refractivity contribution in [1.82, 2.24) is 10.3 Å². The fourth-order valence-electron chi connectivity index (χ4n) is 2.27. The van der Waals surface area contributed by atoms with Crippen LogP contribution in [-0.2, 0) is 0 Å². The van der Waals surface area contributed by atoms with Gasteiger partial charge in [-0.1, -0.05) is 18.0 Å². The van der Waals surface area contributed by atoms with Gasteiger partial charge in [-0.15, -0.1) is 0 Å². The molecule has 1 heterocycles. The Labute approximate surface area is 163 Å². The minimum atomic E-state index is -0.378. The third-order valence-electron chi connectivity index (χ3n) is 3.59. The zero-order valence-corrected chi connectivity index (χ0v) is 15.5. The number of aromatic nitrogens is 1. The molecule has 2 N–H and O–H groups in total. The Morgan fingerprint density at radius 1 is 1.19 bits per heavy atom. The second-order valence-corrected chi connectivity index (χ2v) is 6.07. The number of unbranched alkanes of at least 4 members (excludes halogenated alkanes) is 3. The van der Waals surface area contributed by atoms with Crippen LogP contribution in [-0.4, -0.2) is 24.1 Å². The van der Waals surface area contributed by atoms with Crippen LogP contribution in [0.25, 0.3) is 0 Å². The predicted octanol–water partition coefficient (Wildman–Crippen LogP) is 4.35. The molecule has 0 amide bonds. The van der Waals surface area contributed by atoms with Gasteiger partial charge in [0.1, 0.15) is 11.6 Å². The van der Waals surface area contributed by atoms with Gasteiger partial charge in [0, 0.05) is 24.6 Å². The third-order valence-corrected chi connectivity index (χ3v) is 3.89. The number of guanidine groups is 1. The number of hydrogen-bond acceptors (Lipinski definition) is 4. The third kappa shape index (κ3) is 7.92.